The lowest BCUT2D eigenvalue weighted by molar-refractivity contribution is -0.274. The number of anilines is 1. The van der Waals surface area contributed by atoms with Gasteiger partial charge in [0.1, 0.15) is 5.75 Å². The van der Waals surface area contributed by atoms with Crippen molar-refractivity contribution in [3.63, 3.8) is 0 Å². The van der Waals surface area contributed by atoms with Crippen LogP contribution in [0.1, 0.15) is 17.4 Å². The van der Waals surface area contributed by atoms with Crippen molar-refractivity contribution in [1.29, 1.82) is 0 Å². The van der Waals surface area contributed by atoms with Crippen molar-refractivity contribution in [3.05, 3.63) is 36.2 Å². The van der Waals surface area contributed by atoms with Crippen LogP contribution in [0.3, 0.4) is 0 Å². The SMILES string of the molecule is CCn1ccc(C(=O)N(CCN(C)C)c2nc3ccc(OC(F)(F)F)cc3s2)n1. The molecule has 0 saturated carbocycles. The summed E-state index contributed by atoms with van der Waals surface area (Å²) in [6, 6.07) is 5.55. The summed E-state index contributed by atoms with van der Waals surface area (Å²) in [6.45, 7) is 3.49. The highest BCUT2D eigenvalue weighted by molar-refractivity contribution is 7.22. The predicted molar refractivity (Wildman–Crippen MR) is 104 cm³/mol. The molecular weight excluding hydrogens is 407 g/mol. The van der Waals surface area contributed by atoms with E-state index in [1.165, 1.54) is 23.1 Å². The van der Waals surface area contributed by atoms with Gasteiger partial charge in [0.2, 0.25) is 0 Å². The van der Waals surface area contributed by atoms with E-state index in [-0.39, 0.29) is 17.4 Å². The number of nitrogens with zero attached hydrogens (tertiary/aromatic N) is 5. The van der Waals surface area contributed by atoms with Crippen LogP contribution in [-0.2, 0) is 6.54 Å². The highest BCUT2D eigenvalue weighted by Crippen LogP contribution is 2.33. The molecule has 0 radical (unpaired) electrons. The van der Waals surface area contributed by atoms with Crippen molar-refractivity contribution in [2.75, 3.05) is 32.1 Å². The summed E-state index contributed by atoms with van der Waals surface area (Å²) >= 11 is 1.13. The number of fused-ring (bicyclic) bond motifs is 1. The van der Waals surface area contributed by atoms with Crippen molar-refractivity contribution < 1.29 is 22.7 Å². The highest BCUT2D eigenvalue weighted by Gasteiger charge is 2.31. The third-order valence-corrected chi connectivity index (χ3v) is 5.05. The lowest BCUT2D eigenvalue weighted by atomic mass is 10.3. The zero-order valence-electron chi connectivity index (χ0n) is 16.1. The van der Waals surface area contributed by atoms with Gasteiger partial charge in [-0.2, -0.15) is 5.10 Å². The van der Waals surface area contributed by atoms with E-state index in [1.54, 1.807) is 16.9 Å². The molecule has 2 heterocycles. The first-order valence-electron chi connectivity index (χ1n) is 8.82. The molecule has 11 heteroatoms. The number of amides is 1. The molecule has 1 aromatic carbocycles. The molecule has 2 aromatic heterocycles. The molecule has 0 unspecified atom stereocenters. The maximum absolute atomic E-state index is 13.0. The molecular formula is C18H20F3N5O2S. The van der Waals surface area contributed by atoms with Gasteiger partial charge in [-0.1, -0.05) is 11.3 Å². The number of benzene rings is 1. The topological polar surface area (TPSA) is 63.5 Å². The predicted octanol–water partition coefficient (Wildman–Crippen LogP) is 3.62. The molecule has 3 aromatic rings. The Morgan fingerprint density at radius 2 is 2.00 bits per heavy atom. The fourth-order valence-corrected chi connectivity index (χ4v) is 3.60. The van der Waals surface area contributed by atoms with Crippen molar-refractivity contribution in [3.8, 4) is 5.75 Å². The number of halogens is 3. The van der Waals surface area contributed by atoms with Gasteiger partial charge in [0.15, 0.2) is 10.8 Å². The molecule has 0 saturated heterocycles. The van der Waals surface area contributed by atoms with E-state index in [1.807, 2.05) is 25.9 Å². The lowest BCUT2D eigenvalue weighted by Gasteiger charge is -2.21. The maximum atomic E-state index is 13.0. The van der Waals surface area contributed by atoms with Crippen LogP contribution in [0.15, 0.2) is 30.5 Å². The Labute approximate surface area is 169 Å². The van der Waals surface area contributed by atoms with Gasteiger partial charge in [0.05, 0.1) is 10.2 Å². The summed E-state index contributed by atoms with van der Waals surface area (Å²) in [6.07, 6.45) is -3.05. The molecule has 29 heavy (non-hydrogen) atoms. The summed E-state index contributed by atoms with van der Waals surface area (Å²) in [7, 11) is 3.77. The summed E-state index contributed by atoms with van der Waals surface area (Å²) < 4.78 is 43.5. The third-order valence-electron chi connectivity index (χ3n) is 4.01. The summed E-state index contributed by atoms with van der Waals surface area (Å²) in [5, 5.41) is 4.65. The van der Waals surface area contributed by atoms with Crippen LogP contribution in [0, 0.1) is 0 Å². The second-order valence-electron chi connectivity index (χ2n) is 6.49. The van der Waals surface area contributed by atoms with Crippen LogP contribution < -0.4 is 9.64 Å². The van der Waals surface area contributed by atoms with Crippen LogP contribution in [0.2, 0.25) is 0 Å². The number of rotatable bonds is 7. The number of likely N-dealkylation sites (N-methyl/N-ethyl adjacent to an activating group) is 1. The van der Waals surface area contributed by atoms with E-state index in [4.69, 9.17) is 0 Å². The van der Waals surface area contributed by atoms with E-state index in [0.717, 1.165) is 11.3 Å². The highest BCUT2D eigenvalue weighted by atomic mass is 32.1. The van der Waals surface area contributed by atoms with Crippen molar-refractivity contribution >= 4 is 32.6 Å². The monoisotopic (exact) mass is 427 g/mol. The molecule has 0 N–H and O–H groups in total. The summed E-state index contributed by atoms with van der Waals surface area (Å²) in [4.78, 5) is 20.9. The summed E-state index contributed by atoms with van der Waals surface area (Å²) in [5.41, 5.74) is 0.771. The Bertz CT molecular complexity index is 999. The van der Waals surface area contributed by atoms with Crippen LogP contribution in [0.25, 0.3) is 10.2 Å². The van der Waals surface area contributed by atoms with E-state index in [2.05, 4.69) is 14.8 Å². The average Bonchev–Trinajstić information content (AvgIpc) is 3.26. The van der Waals surface area contributed by atoms with Gasteiger partial charge in [-0.05, 0) is 39.2 Å². The van der Waals surface area contributed by atoms with Gasteiger partial charge in [-0.25, -0.2) is 4.98 Å². The number of carbonyl (C=O) groups is 1. The average molecular weight is 427 g/mol. The molecule has 0 aliphatic rings. The summed E-state index contributed by atoms with van der Waals surface area (Å²) in [5.74, 6) is -0.641. The molecule has 156 valence electrons. The van der Waals surface area contributed by atoms with Crippen molar-refractivity contribution in [2.45, 2.75) is 19.8 Å². The van der Waals surface area contributed by atoms with E-state index in [0.29, 0.717) is 35.0 Å². The maximum Gasteiger partial charge on any atom is 0.573 e. The fourth-order valence-electron chi connectivity index (χ4n) is 2.58. The smallest absolute Gasteiger partial charge is 0.406 e. The van der Waals surface area contributed by atoms with Crippen molar-refractivity contribution in [1.82, 2.24) is 19.7 Å². The zero-order valence-corrected chi connectivity index (χ0v) is 16.9. The Balaban J connectivity index is 1.93. The molecule has 1 amide bonds. The molecule has 7 nitrogen and oxygen atoms in total. The molecule has 0 aliphatic heterocycles. The number of aromatic nitrogens is 3. The molecule has 0 spiro atoms. The van der Waals surface area contributed by atoms with Gasteiger partial charge in [0.25, 0.3) is 5.91 Å². The van der Waals surface area contributed by atoms with Gasteiger partial charge in [-0.15, -0.1) is 13.2 Å². The normalized spacial score (nSPS) is 12.0. The number of aryl methyl sites for hydroxylation is 1. The van der Waals surface area contributed by atoms with Gasteiger partial charge in [-0.3, -0.25) is 14.4 Å². The second-order valence-corrected chi connectivity index (χ2v) is 7.50. The van der Waals surface area contributed by atoms with Gasteiger partial charge < -0.3 is 9.64 Å². The van der Waals surface area contributed by atoms with Crippen LogP contribution in [0.5, 0.6) is 5.75 Å². The second kappa shape index (κ2) is 8.37. The van der Waals surface area contributed by atoms with Crippen LogP contribution >= 0.6 is 11.3 Å². The number of thiazole rings is 1. The quantitative estimate of drug-likeness (QED) is 0.576. The number of hydrogen-bond acceptors (Lipinski definition) is 6. The van der Waals surface area contributed by atoms with Crippen LogP contribution in [0.4, 0.5) is 18.3 Å². The Kier molecular flexibility index (Phi) is 6.08. The van der Waals surface area contributed by atoms with E-state index >= 15 is 0 Å². The molecule has 3 rings (SSSR count). The Morgan fingerprint density at radius 1 is 1.24 bits per heavy atom. The molecule has 0 atom stereocenters. The molecule has 0 aliphatic carbocycles. The van der Waals surface area contributed by atoms with E-state index < -0.39 is 6.36 Å². The standard InChI is InChI=1S/C18H20F3N5O2S/c1-4-25-8-7-14(23-25)16(27)26(10-9-24(2)3)17-22-13-6-5-12(11-15(13)29-17)28-18(19,20)21/h5-8,11H,4,9-10H2,1-3H3. The minimum atomic E-state index is -4.77. The first-order valence-corrected chi connectivity index (χ1v) is 9.64. The van der Waals surface area contributed by atoms with Crippen molar-refractivity contribution in [2.24, 2.45) is 0 Å². The minimum Gasteiger partial charge on any atom is -0.406 e. The Hall–Kier alpha value is -2.66. The largest absolute Gasteiger partial charge is 0.573 e. The lowest BCUT2D eigenvalue weighted by Crippen LogP contribution is -2.37. The number of ether oxygens (including phenoxy) is 1. The molecule has 0 fully saturated rings. The van der Waals surface area contributed by atoms with E-state index in [9.17, 15) is 18.0 Å². The first kappa shape index (κ1) is 21.1. The van der Waals surface area contributed by atoms with Crippen LogP contribution in [-0.4, -0.2) is 59.1 Å². The number of carbonyl (C=O) groups excluding carboxylic acids is 1. The fraction of sp³-hybridized carbons (Fsp3) is 0.389. The number of alkyl halides is 3. The minimum absolute atomic E-state index is 0.283. The number of hydrogen-bond donors (Lipinski definition) is 0. The third kappa shape index (κ3) is 5.24. The van der Waals surface area contributed by atoms with Gasteiger partial charge >= 0.3 is 6.36 Å². The molecule has 0 bridgehead atoms. The zero-order chi connectivity index (χ0) is 21.2. The van der Waals surface area contributed by atoms with Gasteiger partial charge in [0, 0.05) is 31.9 Å². The Morgan fingerprint density at radius 3 is 2.62 bits per heavy atom. The first-order chi connectivity index (χ1) is 13.7.